The lowest BCUT2D eigenvalue weighted by Crippen LogP contribution is -2.36. The maximum atomic E-state index is 9.03. The van der Waals surface area contributed by atoms with Gasteiger partial charge in [-0.25, -0.2) is 0 Å². The van der Waals surface area contributed by atoms with Crippen molar-refractivity contribution in [3.63, 3.8) is 0 Å². The molecule has 0 aliphatic heterocycles. The van der Waals surface area contributed by atoms with E-state index in [2.05, 4.69) is 10.3 Å². The minimum absolute atomic E-state index is 0.0303. The minimum Gasteiger partial charge on any atom is -0.395 e. The third kappa shape index (κ3) is 4.38. The fourth-order valence-electron chi connectivity index (χ4n) is 1.32. The van der Waals surface area contributed by atoms with Gasteiger partial charge in [-0.2, -0.15) is 0 Å². The van der Waals surface area contributed by atoms with Crippen molar-refractivity contribution < 1.29 is 9.84 Å². The Morgan fingerprint density at radius 1 is 1.53 bits per heavy atom. The van der Waals surface area contributed by atoms with Gasteiger partial charge < -0.3 is 15.2 Å². The summed E-state index contributed by atoms with van der Waals surface area (Å²) in [5.74, 6) is 0. The minimum atomic E-state index is -0.0303. The second kappa shape index (κ2) is 6.50. The number of hydrogen-bond acceptors (Lipinski definition) is 4. The molecule has 0 fully saturated rings. The van der Waals surface area contributed by atoms with E-state index in [1.807, 2.05) is 25.1 Å². The van der Waals surface area contributed by atoms with Crippen molar-refractivity contribution in [2.75, 3.05) is 20.3 Å². The molecule has 1 aromatic rings. The van der Waals surface area contributed by atoms with E-state index in [9.17, 15) is 0 Å². The van der Waals surface area contributed by atoms with Crippen molar-refractivity contribution in [1.82, 2.24) is 10.3 Å². The number of rotatable bonds is 6. The molecule has 0 aliphatic rings. The summed E-state index contributed by atoms with van der Waals surface area (Å²) in [7, 11) is 1.62. The molecule has 0 aromatic carbocycles. The number of aliphatic hydroxyl groups excluding tert-OH is 1. The highest BCUT2D eigenvalue weighted by Gasteiger charge is 2.05. The normalized spacial score (nSPS) is 12.7. The molecule has 4 heteroatoms. The van der Waals surface area contributed by atoms with E-state index in [0.29, 0.717) is 13.2 Å². The van der Waals surface area contributed by atoms with Crippen LogP contribution in [0.5, 0.6) is 0 Å². The Kier molecular flexibility index (Phi) is 5.25. The van der Waals surface area contributed by atoms with Gasteiger partial charge in [0, 0.05) is 19.3 Å². The predicted octanol–water partition coefficient (Wildman–Crippen LogP) is 0.487. The second-order valence-electron chi connectivity index (χ2n) is 3.49. The number of nitrogens with zero attached hydrogens (tertiary/aromatic N) is 1. The van der Waals surface area contributed by atoms with Crippen LogP contribution in [-0.2, 0) is 11.3 Å². The Morgan fingerprint density at radius 3 is 2.93 bits per heavy atom. The molecule has 0 saturated heterocycles. The summed E-state index contributed by atoms with van der Waals surface area (Å²) >= 11 is 0. The quantitative estimate of drug-likeness (QED) is 0.717. The molecule has 84 valence electrons. The number of aromatic nitrogens is 1. The fourth-order valence-corrected chi connectivity index (χ4v) is 1.32. The first-order chi connectivity index (χ1) is 7.26. The van der Waals surface area contributed by atoms with Crippen molar-refractivity contribution in [3.8, 4) is 0 Å². The fraction of sp³-hybridized carbons (Fsp3) is 0.545. The van der Waals surface area contributed by atoms with Crippen molar-refractivity contribution in [2.45, 2.75) is 19.5 Å². The number of aliphatic hydroxyl groups is 1. The zero-order valence-electron chi connectivity index (χ0n) is 9.23. The Morgan fingerprint density at radius 2 is 2.33 bits per heavy atom. The summed E-state index contributed by atoms with van der Waals surface area (Å²) in [6.07, 6.45) is 0. The molecular formula is C11H18N2O2. The van der Waals surface area contributed by atoms with Crippen molar-refractivity contribution in [1.29, 1.82) is 0 Å². The average Bonchev–Trinajstić information content (AvgIpc) is 2.24. The number of ether oxygens (including phenoxy) is 1. The van der Waals surface area contributed by atoms with Crippen molar-refractivity contribution in [2.24, 2.45) is 0 Å². The molecule has 15 heavy (non-hydrogen) atoms. The maximum Gasteiger partial charge on any atom is 0.0638 e. The smallest absolute Gasteiger partial charge is 0.0638 e. The highest BCUT2D eigenvalue weighted by atomic mass is 16.5. The third-order valence-electron chi connectivity index (χ3n) is 2.11. The highest BCUT2D eigenvalue weighted by molar-refractivity contribution is 5.09. The zero-order chi connectivity index (χ0) is 11.1. The van der Waals surface area contributed by atoms with E-state index in [1.54, 1.807) is 7.11 Å². The molecule has 1 unspecified atom stereocenters. The molecule has 0 bridgehead atoms. The lowest BCUT2D eigenvalue weighted by molar-refractivity contribution is 0.128. The first-order valence-electron chi connectivity index (χ1n) is 5.02. The van der Waals surface area contributed by atoms with Crippen LogP contribution in [0.1, 0.15) is 11.4 Å². The van der Waals surface area contributed by atoms with Crippen LogP contribution < -0.4 is 5.32 Å². The van der Waals surface area contributed by atoms with Crippen LogP contribution in [0.25, 0.3) is 0 Å². The van der Waals surface area contributed by atoms with E-state index in [-0.39, 0.29) is 12.6 Å². The number of nitrogens with one attached hydrogen (secondary N) is 1. The van der Waals surface area contributed by atoms with Gasteiger partial charge in [0.05, 0.1) is 24.9 Å². The summed E-state index contributed by atoms with van der Waals surface area (Å²) in [5, 5.41) is 12.2. The van der Waals surface area contributed by atoms with Gasteiger partial charge in [0.2, 0.25) is 0 Å². The summed E-state index contributed by atoms with van der Waals surface area (Å²) in [6.45, 7) is 3.18. The molecular weight excluding hydrogens is 192 g/mol. The molecule has 0 radical (unpaired) electrons. The Bertz CT molecular complexity index is 292. The molecule has 0 aliphatic carbocycles. The summed E-state index contributed by atoms with van der Waals surface area (Å²) in [5.41, 5.74) is 1.98. The third-order valence-corrected chi connectivity index (χ3v) is 2.11. The standard InChI is InChI=1S/C11H18N2O2/c1-9-4-3-5-10(13-9)6-12-11(7-14)8-15-2/h3-5,11-12,14H,6-8H2,1-2H3. The van der Waals surface area contributed by atoms with Crippen LogP contribution in [0.3, 0.4) is 0 Å². The van der Waals surface area contributed by atoms with Crippen LogP contribution in [0.15, 0.2) is 18.2 Å². The summed E-state index contributed by atoms with van der Waals surface area (Å²) in [6, 6.07) is 5.87. The lowest BCUT2D eigenvalue weighted by Gasteiger charge is -2.14. The highest BCUT2D eigenvalue weighted by Crippen LogP contribution is 1.98. The van der Waals surface area contributed by atoms with Gasteiger partial charge >= 0.3 is 0 Å². The molecule has 4 nitrogen and oxygen atoms in total. The van der Waals surface area contributed by atoms with Gasteiger partial charge in [0.1, 0.15) is 0 Å². The van der Waals surface area contributed by atoms with Crippen LogP contribution in [-0.4, -0.2) is 36.5 Å². The Hall–Kier alpha value is -0.970. The second-order valence-corrected chi connectivity index (χ2v) is 3.49. The average molecular weight is 210 g/mol. The number of methoxy groups -OCH3 is 1. The predicted molar refractivity (Wildman–Crippen MR) is 58.6 cm³/mol. The number of hydrogen-bond donors (Lipinski definition) is 2. The topological polar surface area (TPSA) is 54.4 Å². The zero-order valence-corrected chi connectivity index (χ0v) is 9.23. The number of aryl methyl sites for hydroxylation is 1. The van der Waals surface area contributed by atoms with E-state index in [4.69, 9.17) is 9.84 Å². The number of pyridine rings is 1. The molecule has 1 atom stereocenters. The van der Waals surface area contributed by atoms with Gasteiger partial charge in [-0.1, -0.05) is 6.07 Å². The van der Waals surface area contributed by atoms with Crippen molar-refractivity contribution >= 4 is 0 Å². The van der Waals surface area contributed by atoms with E-state index >= 15 is 0 Å². The van der Waals surface area contributed by atoms with E-state index in [1.165, 1.54) is 0 Å². The van der Waals surface area contributed by atoms with Gasteiger partial charge in [-0.3, -0.25) is 4.98 Å². The molecule has 2 N–H and O–H groups in total. The molecule has 1 aromatic heterocycles. The molecule has 0 amide bonds. The first-order valence-corrected chi connectivity index (χ1v) is 5.02. The first kappa shape index (κ1) is 12.1. The monoisotopic (exact) mass is 210 g/mol. The SMILES string of the molecule is COCC(CO)NCc1cccc(C)n1. The van der Waals surface area contributed by atoms with Gasteiger partial charge in [-0.15, -0.1) is 0 Å². The van der Waals surface area contributed by atoms with E-state index in [0.717, 1.165) is 11.4 Å². The Balaban J connectivity index is 2.41. The largest absolute Gasteiger partial charge is 0.395 e. The van der Waals surface area contributed by atoms with Crippen LogP contribution in [0.4, 0.5) is 0 Å². The molecule has 1 rings (SSSR count). The van der Waals surface area contributed by atoms with Crippen LogP contribution >= 0.6 is 0 Å². The van der Waals surface area contributed by atoms with Crippen LogP contribution in [0.2, 0.25) is 0 Å². The van der Waals surface area contributed by atoms with E-state index < -0.39 is 0 Å². The van der Waals surface area contributed by atoms with Crippen molar-refractivity contribution in [3.05, 3.63) is 29.6 Å². The molecule has 0 saturated carbocycles. The maximum absolute atomic E-state index is 9.03. The van der Waals surface area contributed by atoms with Gasteiger partial charge in [-0.05, 0) is 19.1 Å². The molecule has 1 heterocycles. The summed E-state index contributed by atoms with van der Waals surface area (Å²) < 4.78 is 4.96. The summed E-state index contributed by atoms with van der Waals surface area (Å²) in [4.78, 5) is 4.35. The Labute approximate surface area is 90.3 Å². The van der Waals surface area contributed by atoms with Crippen LogP contribution in [0, 0.1) is 6.92 Å². The molecule has 0 spiro atoms. The van der Waals surface area contributed by atoms with Gasteiger partial charge in [0.25, 0.3) is 0 Å². The van der Waals surface area contributed by atoms with Gasteiger partial charge in [0.15, 0.2) is 0 Å². The lowest BCUT2D eigenvalue weighted by atomic mass is 10.3.